The van der Waals surface area contributed by atoms with Crippen LogP contribution < -0.4 is 5.73 Å². The Balaban J connectivity index is 1.56. The number of nitrogen functional groups attached to an aromatic ring is 1. The van der Waals surface area contributed by atoms with Crippen molar-refractivity contribution in [2.75, 3.05) is 5.73 Å². The Bertz CT molecular complexity index is 971. The lowest BCUT2D eigenvalue weighted by Crippen LogP contribution is -1.98. The summed E-state index contributed by atoms with van der Waals surface area (Å²) in [5.41, 5.74) is 11.0. The van der Waals surface area contributed by atoms with E-state index in [1.165, 1.54) is 18.4 Å². The fourth-order valence-electron chi connectivity index (χ4n) is 3.13. The molecule has 6 heteroatoms. The molecule has 0 amide bonds. The van der Waals surface area contributed by atoms with Gasteiger partial charge in [-0.1, -0.05) is 17.2 Å². The number of nitrogens with zero attached hydrogens (tertiary/aromatic N) is 4. The van der Waals surface area contributed by atoms with E-state index < -0.39 is 0 Å². The fourth-order valence-corrected chi connectivity index (χ4v) is 3.13. The highest BCUT2D eigenvalue weighted by Gasteiger charge is 2.26. The maximum absolute atomic E-state index is 5.53. The Morgan fingerprint density at radius 1 is 1.12 bits per heavy atom. The van der Waals surface area contributed by atoms with Gasteiger partial charge in [-0.15, -0.1) is 5.10 Å². The van der Waals surface area contributed by atoms with E-state index in [-0.39, 0.29) is 6.01 Å². The second-order valence-electron chi connectivity index (χ2n) is 6.22. The number of fused-ring (bicyclic) bond motifs is 1. The van der Waals surface area contributed by atoms with Crippen molar-refractivity contribution in [2.45, 2.75) is 25.2 Å². The van der Waals surface area contributed by atoms with Crippen molar-refractivity contribution in [3.63, 3.8) is 0 Å². The van der Waals surface area contributed by atoms with Gasteiger partial charge in [0, 0.05) is 28.9 Å². The smallest absolute Gasteiger partial charge is 0.313 e. The molecule has 0 spiro atoms. The molecule has 2 heterocycles. The highest BCUT2D eigenvalue weighted by molar-refractivity contribution is 5.83. The molecule has 0 aliphatic heterocycles. The molecular formula is C18H15N5O. The molecule has 1 fully saturated rings. The number of rotatable bonds is 3. The topological polar surface area (TPSA) is 90.7 Å². The molecule has 2 aliphatic rings. The van der Waals surface area contributed by atoms with Crippen molar-refractivity contribution in [3.8, 4) is 11.5 Å². The summed E-state index contributed by atoms with van der Waals surface area (Å²) in [5.74, 6) is 1.83. The number of anilines is 1. The first kappa shape index (κ1) is 13.4. The highest BCUT2D eigenvalue weighted by atomic mass is 16.4. The van der Waals surface area contributed by atoms with Crippen molar-refractivity contribution in [2.24, 2.45) is 0 Å². The monoisotopic (exact) mass is 317 g/mol. The molecule has 6 nitrogen and oxygen atoms in total. The van der Waals surface area contributed by atoms with Gasteiger partial charge in [-0.05, 0) is 48.6 Å². The van der Waals surface area contributed by atoms with Gasteiger partial charge >= 0.3 is 6.01 Å². The lowest BCUT2D eigenvalue weighted by Gasteiger charge is -2.07. The average Bonchev–Trinajstić information content (AvgIpc) is 3.24. The molecule has 0 bridgehead atoms. The van der Waals surface area contributed by atoms with E-state index >= 15 is 0 Å². The third kappa shape index (κ3) is 2.19. The van der Waals surface area contributed by atoms with E-state index in [1.807, 2.05) is 24.4 Å². The van der Waals surface area contributed by atoms with E-state index in [0.29, 0.717) is 11.8 Å². The molecule has 1 aromatic carbocycles. The summed E-state index contributed by atoms with van der Waals surface area (Å²) in [7, 11) is 0. The standard InChI is InChI=1S/C18H15N5O/c19-18-23-22-17(24-18)12-4-1-10-5-6-13(14(10)9-12)16-20-8-7-15(21-16)11-2-3-11/h1,4,6-9,11H,2-3,5H2,(H2,19,23). The zero-order chi connectivity index (χ0) is 16.1. The Morgan fingerprint density at radius 3 is 2.83 bits per heavy atom. The van der Waals surface area contributed by atoms with E-state index in [0.717, 1.165) is 34.6 Å². The van der Waals surface area contributed by atoms with E-state index in [4.69, 9.17) is 15.1 Å². The minimum Gasteiger partial charge on any atom is -0.404 e. The molecule has 1 saturated carbocycles. The van der Waals surface area contributed by atoms with Gasteiger partial charge in [-0.25, -0.2) is 9.97 Å². The number of aromatic nitrogens is 4. The first-order valence-corrected chi connectivity index (χ1v) is 8.04. The van der Waals surface area contributed by atoms with Gasteiger partial charge in [0.15, 0.2) is 5.82 Å². The molecular weight excluding hydrogens is 302 g/mol. The van der Waals surface area contributed by atoms with Gasteiger partial charge in [0.2, 0.25) is 5.89 Å². The third-order valence-electron chi connectivity index (χ3n) is 4.53. The average molecular weight is 317 g/mol. The summed E-state index contributed by atoms with van der Waals surface area (Å²) >= 11 is 0. The third-order valence-corrected chi connectivity index (χ3v) is 4.53. The Labute approximate surface area is 138 Å². The molecule has 118 valence electrons. The molecule has 0 saturated heterocycles. The maximum Gasteiger partial charge on any atom is 0.313 e. The van der Waals surface area contributed by atoms with Crippen molar-refractivity contribution < 1.29 is 4.42 Å². The van der Waals surface area contributed by atoms with Crippen LogP contribution in [0, 0.1) is 0 Å². The SMILES string of the molecule is Nc1nnc(-c2ccc3c(c2)C(c2nccc(C4CC4)n2)=CC3)o1. The van der Waals surface area contributed by atoms with E-state index in [9.17, 15) is 0 Å². The molecule has 24 heavy (non-hydrogen) atoms. The lowest BCUT2D eigenvalue weighted by molar-refractivity contribution is 0.590. The summed E-state index contributed by atoms with van der Waals surface area (Å²) in [6.45, 7) is 0. The predicted octanol–water partition coefficient (Wildman–Crippen LogP) is 2.97. The molecule has 3 aromatic rings. The lowest BCUT2D eigenvalue weighted by atomic mass is 10.0. The largest absolute Gasteiger partial charge is 0.404 e. The zero-order valence-corrected chi connectivity index (χ0v) is 12.9. The minimum absolute atomic E-state index is 0.0710. The summed E-state index contributed by atoms with van der Waals surface area (Å²) in [5, 5.41) is 7.69. The van der Waals surface area contributed by atoms with Crippen LogP contribution in [0.3, 0.4) is 0 Å². The Morgan fingerprint density at radius 2 is 2.04 bits per heavy atom. The molecule has 2 aromatic heterocycles. The van der Waals surface area contributed by atoms with Gasteiger partial charge in [-0.3, -0.25) is 0 Å². The molecule has 5 rings (SSSR count). The first-order chi connectivity index (χ1) is 11.8. The van der Waals surface area contributed by atoms with Gasteiger partial charge in [0.1, 0.15) is 0 Å². The molecule has 2 N–H and O–H groups in total. The highest BCUT2D eigenvalue weighted by Crippen LogP contribution is 2.40. The van der Waals surface area contributed by atoms with Crippen LogP contribution in [-0.2, 0) is 6.42 Å². The molecule has 2 aliphatic carbocycles. The number of hydrogen-bond donors (Lipinski definition) is 1. The number of allylic oxidation sites excluding steroid dienone is 1. The maximum atomic E-state index is 5.53. The molecule has 0 unspecified atom stereocenters. The van der Waals surface area contributed by atoms with Crippen molar-refractivity contribution in [1.82, 2.24) is 20.2 Å². The Kier molecular flexibility index (Phi) is 2.79. The van der Waals surface area contributed by atoms with Gasteiger partial charge in [0.05, 0.1) is 0 Å². The molecule has 0 radical (unpaired) electrons. The predicted molar refractivity (Wildman–Crippen MR) is 88.9 cm³/mol. The first-order valence-electron chi connectivity index (χ1n) is 8.04. The summed E-state index contributed by atoms with van der Waals surface area (Å²) in [6, 6.07) is 8.20. The van der Waals surface area contributed by atoms with E-state index in [2.05, 4.69) is 27.3 Å². The van der Waals surface area contributed by atoms with Crippen molar-refractivity contribution in [1.29, 1.82) is 0 Å². The minimum atomic E-state index is 0.0710. The summed E-state index contributed by atoms with van der Waals surface area (Å²) in [6.07, 6.45) is 7.39. The van der Waals surface area contributed by atoms with E-state index in [1.54, 1.807) is 0 Å². The zero-order valence-electron chi connectivity index (χ0n) is 12.9. The number of hydrogen-bond acceptors (Lipinski definition) is 6. The normalized spacial score (nSPS) is 16.1. The van der Waals surface area contributed by atoms with Gasteiger partial charge < -0.3 is 10.2 Å². The van der Waals surface area contributed by atoms with Crippen LogP contribution in [0.2, 0.25) is 0 Å². The van der Waals surface area contributed by atoms with Crippen molar-refractivity contribution >= 4 is 11.6 Å². The summed E-state index contributed by atoms with van der Waals surface area (Å²) in [4.78, 5) is 9.26. The van der Waals surface area contributed by atoms with Crippen LogP contribution in [0.1, 0.15) is 41.4 Å². The molecule has 0 atom stereocenters. The van der Waals surface area contributed by atoms with Crippen LogP contribution in [0.5, 0.6) is 0 Å². The second kappa shape index (κ2) is 4.99. The fraction of sp³-hybridized carbons (Fsp3) is 0.222. The van der Waals surface area contributed by atoms with Crippen LogP contribution in [0.15, 0.2) is 41.0 Å². The number of nitrogens with two attached hydrogens (primary N) is 1. The van der Waals surface area contributed by atoms with Crippen molar-refractivity contribution in [3.05, 3.63) is 59.2 Å². The Hall–Kier alpha value is -3.02. The van der Waals surface area contributed by atoms with Crippen LogP contribution >= 0.6 is 0 Å². The van der Waals surface area contributed by atoms with Gasteiger partial charge in [0.25, 0.3) is 0 Å². The number of benzene rings is 1. The van der Waals surface area contributed by atoms with Crippen LogP contribution in [0.4, 0.5) is 6.01 Å². The summed E-state index contributed by atoms with van der Waals surface area (Å²) < 4.78 is 5.33. The van der Waals surface area contributed by atoms with Crippen LogP contribution in [-0.4, -0.2) is 20.2 Å². The quantitative estimate of drug-likeness (QED) is 0.798. The second-order valence-corrected chi connectivity index (χ2v) is 6.22. The van der Waals surface area contributed by atoms with Gasteiger partial charge in [-0.2, -0.15) is 0 Å². The van der Waals surface area contributed by atoms with Crippen LogP contribution in [0.25, 0.3) is 17.0 Å².